The summed E-state index contributed by atoms with van der Waals surface area (Å²) in [5.41, 5.74) is 4.69. The number of nitrogens with zero attached hydrogens (tertiary/aromatic N) is 2. The van der Waals surface area contributed by atoms with Crippen LogP contribution in [0.1, 0.15) is 48.3 Å². The lowest BCUT2D eigenvalue weighted by atomic mass is 9.84. The molecule has 0 spiro atoms. The van der Waals surface area contributed by atoms with Crippen LogP contribution in [-0.2, 0) is 20.9 Å². The molecule has 0 atom stereocenters. The Bertz CT molecular complexity index is 1400. The molecule has 2 heterocycles. The average Bonchev–Trinajstić information content (AvgIpc) is 3.35. The minimum atomic E-state index is -1.09. The summed E-state index contributed by atoms with van der Waals surface area (Å²) in [5, 5.41) is 12.4. The average molecular weight is 568 g/mol. The van der Waals surface area contributed by atoms with E-state index >= 15 is 0 Å². The van der Waals surface area contributed by atoms with Gasteiger partial charge >= 0.3 is 12.1 Å². The van der Waals surface area contributed by atoms with E-state index in [0.29, 0.717) is 51.9 Å². The number of carbonyl (C=O) groups is 3. The lowest BCUT2D eigenvalue weighted by Gasteiger charge is -2.44. The van der Waals surface area contributed by atoms with Crippen molar-refractivity contribution in [1.29, 1.82) is 0 Å². The maximum atomic E-state index is 14.0. The van der Waals surface area contributed by atoms with Gasteiger partial charge in [0.15, 0.2) is 0 Å². The Morgan fingerprint density at radius 3 is 1.98 bits per heavy atom. The first-order valence-electron chi connectivity index (χ1n) is 14.9. The highest BCUT2D eigenvalue weighted by Crippen LogP contribution is 2.44. The van der Waals surface area contributed by atoms with E-state index in [1.54, 1.807) is 4.90 Å². The summed E-state index contributed by atoms with van der Waals surface area (Å²) < 4.78 is 5.86. The van der Waals surface area contributed by atoms with Crippen LogP contribution in [0.5, 0.6) is 0 Å². The number of likely N-dealkylation sites (tertiary alicyclic amines) is 2. The Morgan fingerprint density at radius 1 is 0.810 bits per heavy atom. The van der Waals surface area contributed by atoms with Gasteiger partial charge in [0.1, 0.15) is 12.1 Å². The zero-order valence-corrected chi connectivity index (χ0v) is 23.7. The number of fused-ring (bicyclic) bond motifs is 3. The zero-order chi connectivity index (χ0) is 29.1. The van der Waals surface area contributed by atoms with Gasteiger partial charge in [0.05, 0.1) is 5.92 Å². The van der Waals surface area contributed by atoms with E-state index in [1.165, 1.54) is 5.56 Å². The van der Waals surface area contributed by atoms with Gasteiger partial charge in [-0.3, -0.25) is 14.5 Å². The third-order valence-electron chi connectivity index (χ3n) is 9.18. The predicted molar refractivity (Wildman–Crippen MR) is 159 cm³/mol. The maximum Gasteiger partial charge on any atom is 0.408 e. The molecule has 1 aliphatic carbocycles. The van der Waals surface area contributed by atoms with Gasteiger partial charge in [-0.05, 0) is 53.5 Å². The number of benzene rings is 3. The molecule has 0 unspecified atom stereocenters. The molecule has 3 aliphatic rings. The van der Waals surface area contributed by atoms with Crippen molar-refractivity contribution < 1.29 is 24.2 Å². The predicted octanol–water partition coefficient (Wildman–Crippen LogP) is 4.88. The number of alkyl carbamates (subject to hydrolysis) is 1. The Morgan fingerprint density at radius 2 is 1.38 bits per heavy atom. The molecule has 0 saturated carbocycles. The quantitative estimate of drug-likeness (QED) is 0.422. The Hall–Kier alpha value is -4.17. The van der Waals surface area contributed by atoms with E-state index in [1.807, 2.05) is 42.5 Å². The third-order valence-corrected chi connectivity index (χ3v) is 9.18. The van der Waals surface area contributed by atoms with Gasteiger partial charge in [-0.2, -0.15) is 0 Å². The molecule has 0 aromatic heterocycles. The van der Waals surface area contributed by atoms with Crippen molar-refractivity contribution in [2.45, 2.75) is 43.7 Å². The molecule has 218 valence electrons. The Labute approximate surface area is 246 Å². The van der Waals surface area contributed by atoms with Crippen molar-refractivity contribution in [2.75, 3.05) is 32.8 Å². The van der Waals surface area contributed by atoms with Crippen LogP contribution in [0.25, 0.3) is 11.1 Å². The van der Waals surface area contributed by atoms with E-state index in [4.69, 9.17) is 4.74 Å². The molecule has 6 rings (SSSR count). The lowest BCUT2D eigenvalue weighted by Crippen LogP contribution is -2.64. The zero-order valence-electron chi connectivity index (χ0n) is 23.7. The molecular formula is C34H37N3O5. The first kappa shape index (κ1) is 28.0. The van der Waals surface area contributed by atoms with Crippen LogP contribution in [0.2, 0.25) is 0 Å². The van der Waals surface area contributed by atoms with Crippen molar-refractivity contribution in [2.24, 2.45) is 5.92 Å². The highest BCUT2D eigenvalue weighted by molar-refractivity contribution is 5.90. The summed E-state index contributed by atoms with van der Waals surface area (Å²) in [6, 6.07) is 26.6. The van der Waals surface area contributed by atoms with Crippen molar-refractivity contribution in [3.05, 3.63) is 95.6 Å². The molecule has 42 heavy (non-hydrogen) atoms. The standard InChI is InChI=1S/C34H37N3O5/c38-31(39)25-14-18-37(19-15-25)32(40)34(16-20-36(21-17-34)22-24-8-2-1-3-9-24)35-33(41)42-23-30-28-12-6-4-10-26(28)27-11-5-7-13-29(27)30/h1-13,25,30H,14-23H2,(H,35,41)(H,38,39). The van der Waals surface area contributed by atoms with Crippen molar-refractivity contribution in [3.8, 4) is 11.1 Å². The van der Waals surface area contributed by atoms with Crippen LogP contribution in [0.15, 0.2) is 78.9 Å². The highest BCUT2D eigenvalue weighted by Gasteiger charge is 2.46. The molecule has 0 radical (unpaired) electrons. The topological polar surface area (TPSA) is 99.2 Å². The summed E-state index contributed by atoms with van der Waals surface area (Å²) in [5.74, 6) is -1.47. The number of nitrogens with one attached hydrogen (secondary N) is 1. The van der Waals surface area contributed by atoms with Crippen LogP contribution in [-0.4, -0.2) is 71.2 Å². The summed E-state index contributed by atoms with van der Waals surface area (Å²) in [7, 11) is 0. The number of rotatable bonds is 7. The molecule has 2 fully saturated rings. The Balaban J connectivity index is 1.16. The number of carboxylic acid groups (broad SMARTS) is 1. The molecule has 8 nitrogen and oxygen atoms in total. The largest absolute Gasteiger partial charge is 0.481 e. The van der Waals surface area contributed by atoms with Crippen LogP contribution >= 0.6 is 0 Å². The van der Waals surface area contributed by atoms with Gasteiger partial charge in [0, 0.05) is 38.6 Å². The monoisotopic (exact) mass is 567 g/mol. The SMILES string of the molecule is O=C(NC1(C(=O)N2CCC(C(=O)O)CC2)CCN(Cc2ccccc2)CC1)OCC1c2ccccc2-c2ccccc21. The first-order chi connectivity index (χ1) is 20.4. The minimum absolute atomic E-state index is 0.0717. The van der Waals surface area contributed by atoms with Crippen molar-refractivity contribution >= 4 is 18.0 Å². The smallest absolute Gasteiger partial charge is 0.408 e. The number of aliphatic carboxylic acids is 1. The van der Waals surface area contributed by atoms with E-state index in [2.05, 4.69) is 46.6 Å². The normalized spacial score (nSPS) is 18.6. The van der Waals surface area contributed by atoms with Gasteiger partial charge in [0.2, 0.25) is 5.91 Å². The van der Waals surface area contributed by atoms with Crippen LogP contribution in [0.4, 0.5) is 4.79 Å². The lowest BCUT2D eigenvalue weighted by molar-refractivity contribution is -0.148. The number of carbonyl (C=O) groups excluding carboxylic acids is 2. The molecule has 2 saturated heterocycles. The number of piperidine rings is 2. The van der Waals surface area contributed by atoms with Gasteiger partial charge in [-0.1, -0.05) is 78.9 Å². The molecule has 2 amide bonds. The first-order valence-corrected chi connectivity index (χ1v) is 14.9. The molecule has 3 aromatic rings. The fourth-order valence-corrected chi connectivity index (χ4v) is 6.79. The van der Waals surface area contributed by atoms with Gasteiger partial charge in [-0.25, -0.2) is 4.79 Å². The fourth-order valence-electron chi connectivity index (χ4n) is 6.79. The van der Waals surface area contributed by atoms with E-state index in [0.717, 1.165) is 28.8 Å². The second-order valence-corrected chi connectivity index (χ2v) is 11.7. The number of hydrogen-bond acceptors (Lipinski definition) is 5. The molecular weight excluding hydrogens is 530 g/mol. The van der Waals surface area contributed by atoms with Gasteiger partial charge in [0.25, 0.3) is 0 Å². The summed E-state index contributed by atoms with van der Waals surface area (Å²) in [6.07, 6.45) is 1.16. The molecule has 2 aliphatic heterocycles. The van der Waals surface area contributed by atoms with Crippen LogP contribution in [0, 0.1) is 5.92 Å². The van der Waals surface area contributed by atoms with E-state index in [9.17, 15) is 19.5 Å². The van der Waals surface area contributed by atoms with Gasteiger partial charge in [-0.15, -0.1) is 0 Å². The summed E-state index contributed by atoms with van der Waals surface area (Å²) in [6.45, 7) is 3.00. The third kappa shape index (κ3) is 5.63. The van der Waals surface area contributed by atoms with E-state index < -0.39 is 23.5 Å². The minimum Gasteiger partial charge on any atom is -0.481 e. The molecule has 8 heteroatoms. The number of amides is 2. The number of ether oxygens (including phenoxy) is 1. The summed E-state index contributed by atoms with van der Waals surface area (Å²) in [4.78, 5) is 42.9. The second kappa shape index (κ2) is 12.0. The number of carboxylic acids is 1. The second-order valence-electron chi connectivity index (χ2n) is 11.7. The maximum absolute atomic E-state index is 14.0. The van der Waals surface area contributed by atoms with Crippen LogP contribution in [0.3, 0.4) is 0 Å². The van der Waals surface area contributed by atoms with Crippen molar-refractivity contribution in [3.63, 3.8) is 0 Å². The number of hydrogen-bond donors (Lipinski definition) is 2. The molecule has 0 bridgehead atoms. The van der Waals surface area contributed by atoms with Gasteiger partial charge < -0.3 is 20.1 Å². The van der Waals surface area contributed by atoms with E-state index in [-0.39, 0.29) is 18.4 Å². The molecule has 3 aromatic carbocycles. The van der Waals surface area contributed by atoms with Crippen LogP contribution < -0.4 is 5.32 Å². The van der Waals surface area contributed by atoms with Crippen molar-refractivity contribution in [1.82, 2.24) is 15.1 Å². The highest BCUT2D eigenvalue weighted by atomic mass is 16.5. The fraction of sp³-hybridized carbons (Fsp3) is 0.382. The Kier molecular flexibility index (Phi) is 7.98. The molecule has 2 N–H and O–H groups in total. The summed E-state index contributed by atoms with van der Waals surface area (Å²) >= 11 is 0.